The molecule has 0 aliphatic carbocycles. The van der Waals surface area contributed by atoms with Gasteiger partial charge in [-0.2, -0.15) is 5.10 Å². The van der Waals surface area contributed by atoms with Gasteiger partial charge in [0.2, 0.25) is 0 Å². The number of aromatic nitrogens is 3. The number of hydrogen-bond acceptors (Lipinski definition) is 4. The molecule has 98 valence electrons. The summed E-state index contributed by atoms with van der Waals surface area (Å²) < 4.78 is 0. The summed E-state index contributed by atoms with van der Waals surface area (Å²) in [5.74, 6) is -0.394. The zero-order chi connectivity index (χ0) is 13.8. The van der Waals surface area contributed by atoms with E-state index in [0.29, 0.717) is 0 Å². The molecule has 3 rings (SSSR count). The Hall–Kier alpha value is -3.02. The molecule has 0 bridgehead atoms. The number of hydrazone groups is 1. The number of amides is 1. The van der Waals surface area contributed by atoms with Gasteiger partial charge >= 0.3 is 0 Å². The zero-order valence-corrected chi connectivity index (χ0v) is 10.4. The highest BCUT2D eigenvalue weighted by Crippen LogP contribution is 2.15. The normalized spacial score (nSPS) is 11.0. The number of nitrogens with one attached hydrogen (secondary N) is 2. The fourth-order valence-electron chi connectivity index (χ4n) is 1.83. The Bertz CT molecular complexity index is 763. The number of aromatic amines is 1. The number of benzene rings is 1. The number of fused-ring (bicyclic) bond motifs is 1. The largest absolute Gasteiger partial charge is 0.361 e. The Morgan fingerprint density at radius 3 is 3.05 bits per heavy atom. The van der Waals surface area contributed by atoms with Crippen LogP contribution in [0.4, 0.5) is 0 Å². The SMILES string of the molecule is O=C(NN=Cc1c[nH]c2ccccc12)c1cnccn1. The molecule has 6 nitrogen and oxygen atoms in total. The molecular weight excluding hydrogens is 254 g/mol. The molecule has 3 aromatic rings. The number of para-hydroxylation sites is 1. The van der Waals surface area contributed by atoms with Gasteiger partial charge in [-0.1, -0.05) is 18.2 Å². The highest BCUT2D eigenvalue weighted by molar-refractivity contribution is 5.99. The molecule has 0 radical (unpaired) electrons. The fraction of sp³-hybridized carbons (Fsp3) is 0. The Kier molecular flexibility index (Phi) is 3.20. The molecule has 20 heavy (non-hydrogen) atoms. The van der Waals surface area contributed by atoms with Gasteiger partial charge in [0.15, 0.2) is 0 Å². The third-order valence-corrected chi connectivity index (χ3v) is 2.79. The van der Waals surface area contributed by atoms with Crippen molar-refractivity contribution >= 4 is 23.0 Å². The first-order valence-corrected chi connectivity index (χ1v) is 6.00. The van der Waals surface area contributed by atoms with Crippen molar-refractivity contribution in [3.8, 4) is 0 Å². The average Bonchev–Trinajstić information content (AvgIpc) is 2.92. The molecule has 0 spiro atoms. The minimum atomic E-state index is -0.394. The molecule has 0 atom stereocenters. The van der Waals surface area contributed by atoms with Gasteiger partial charge in [0.05, 0.1) is 12.4 Å². The van der Waals surface area contributed by atoms with Crippen molar-refractivity contribution in [1.82, 2.24) is 20.4 Å². The summed E-state index contributed by atoms with van der Waals surface area (Å²) >= 11 is 0. The summed E-state index contributed by atoms with van der Waals surface area (Å²) in [6.07, 6.45) is 7.77. The summed E-state index contributed by atoms with van der Waals surface area (Å²) in [5.41, 5.74) is 4.57. The molecule has 0 aliphatic heterocycles. The Labute approximate surface area is 114 Å². The fourth-order valence-corrected chi connectivity index (χ4v) is 1.83. The van der Waals surface area contributed by atoms with Crippen molar-refractivity contribution in [2.45, 2.75) is 0 Å². The number of nitrogens with zero attached hydrogens (tertiary/aromatic N) is 3. The van der Waals surface area contributed by atoms with Crippen LogP contribution in [-0.4, -0.2) is 27.1 Å². The van der Waals surface area contributed by atoms with E-state index in [4.69, 9.17) is 0 Å². The van der Waals surface area contributed by atoms with Crippen LogP contribution >= 0.6 is 0 Å². The van der Waals surface area contributed by atoms with Crippen LogP contribution in [0.3, 0.4) is 0 Å². The van der Waals surface area contributed by atoms with Crippen LogP contribution in [0.1, 0.15) is 16.1 Å². The van der Waals surface area contributed by atoms with Gasteiger partial charge < -0.3 is 4.98 Å². The molecule has 1 aromatic carbocycles. The molecule has 0 saturated carbocycles. The zero-order valence-electron chi connectivity index (χ0n) is 10.4. The average molecular weight is 265 g/mol. The highest BCUT2D eigenvalue weighted by Gasteiger charge is 2.05. The number of carbonyl (C=O) groups is 1. The summed E-state index contributed by atoms with van der Waals surface area (Å²) in [6, 6.07) is 7.86. The van der Waals surface area contributed by atoms with Gasteiger partial charge in [0.1, 0.15) is 5.69 Å². The lowest BCUT2D eigenvalue weighted by Crippen LogP contribution is -2.19. The first-order valence-electron chi connectivity index (χ1n) is 6.00. The quantitative estimate of drug-likeness (QED) is 0.558. The van der Waals surface area contributed by atoms with E-state index in [1.54, 1.807) is 6.21 Å². The van der Waals surface area contributed by atoms with Crippen LogP contribution in [0.2, 0.25) is 0 Å². The minimum Gasteiger partial charge on any atom is -0.361 e. The van der Waals surface area contributed by atoms with Crippen LogP contribution in [0.25, 0.3) is 10.9 Å². The van der Waals surface area contributed by atoms with E-state index in [-0.39, 0.29) is 5.69 Å². The Morgan fingerprint density at radius 2 is 2.20 bits per heavy atom. The minimum absolute atomic E-state index is 0.226. The van der Waals surface area contributed by atoms with Crippen molar-refractivity contribution < 1.29 is 4.79 Å². The first-order chi connectivity index (χ1) is 9.84. The molecule has 0 unspecified atom stereocenters. The summed E-state index contributed by atoms with van der Waals surface area (Å²) in [6.45, 7) is 0. The molecule has 0 aliphatic rings. The van der Waals surface area contributed by atoms with Crippen molar-refractivity contribution in [3.05, 3.63) is 60.3 Å². The van der Waals surface area contributed by atoms with Gasteiger partial charge in [-0.25, -0.2) is 10.4 Å². The maximum atomic E-state index is 11.7. The van der Waals surface area contributed by atoms with Gasteiger partial charge in [0, 0.05) is 35.1 Å². The first kappa shape index (κ1) is 12.0. The van der Waals surface area contributed by atoms with Crippen molar-refractivity contribution in [2.75, 3.05) is 0 Å². The predicted octanol–water partition coefficient (Wildman–Crippen LogP) is 1.72. The number of carbonyl (C=O) groups excluding carboxylic acids is 1. The molecule has 6 heteroatoms. The van der Waals surface area contributed by atoms with Crippen LogP contribution in [-0.2, 0) is 0 Å². The van der Waals surface area contributed by atoms with E-state index in [2.05, 4.69) is 25.5 Å². The van der Waals surface area contributed by atoms with Crippen LogP contribution in [0, 0.1) is 0 Å². The van der Waals surface area contributed by atoms with Crippen molar-refractivity contribution in [1.29, 1.82) is 0 Å². The molecule has 1 amide bonds. The van der Waals surface area contributed by atoms with E-state index in [9.17, 15) is 4.79 Å². The topological polar surface area (TPSA) is 83.0 Å². The maximum absolute atomic E-state index is 11.7. The lowest BCUT2D eigenvalue weighted by atomic mass is 10.2. The molecule has 0 saturated heterocycles. The van der Waals surface area contributed by atoms with E-state index < -0.39 is 5.91 Å². The number of H-pyrrole nitrogens is 1. The summed E-state index contributed by atoms with van der Waals surface area (Å²) in [5, 5.41) is 4.97. The van der Waals surface area contributed by atoms with Crippen LogP contribution < -0.4 is 5.43 Å². The van der Waals surface area contributed by atoms with Crippen molar-refractivity contribution in [3.63, 3.8) is 0 Å². The van der Waals surface area contributed by atoms with E-state index in [1.807, 2.05) is 30.5 Å². The lowest BCUT2D eigenvalue weighted by molar-refractivity contribution is 0.0949. The second-order valence-corrected chi connectivity index (χ2v) is 4.08. The molecule has 0 fully saturated rings. The van der Waals surface area contributed by atoms with Crippen LogP contribution in [0.15, 0.2) is 54.2 Å². The van der Waals surface area contributed by atoms with E-state index in [0.717, 1.165) is 16.5 Å². The molecule has 2 heterocycles. The van der Waals surface area contributed by atoms with E-state index in [1.165, 1.54) is 18.6 Å². The van der Waals surface area contributed by atoms with Gasteiger partial charge in [-0.15, -0.1) is 0 Å². The predicted molar refractivity (Wildman–Crippen MR) is 75.4 cm³/mol. The smallest absolute Gasteiger partial charge is 0.291 e. The summed E-state index contributed by atoms with van der Waals surface area (Å²) in [4.78, 5) is 22.5. The Balaban J connectivity index is 1.74. The Morgan fingerprint density at radius 1 is 1.30 bits per heavy atom. The second kappa shape index (κ2) is 5.31. The monoisotopic (exact) mass is 265 g/mol. The highest BCUT2D eigenvalue weighted by atomic mass is 16.2. The number of hydrogen-bond donors (Lipinski definition) is 2. The van der Waals surface area contributed by atoms with Gasteiger partial charge in [-0.05, 0) is 6.07 Å². The third-order valence-electron chi connectivity index (χ3n) is 2.79. The lowest BCUT2D eigenvalue weighted by Gasteiger charge is -1.97. The molecular formula is C14H11N5O. The summed E-state index contributed by atoms with van der Waals surface area (Å²) in [7, 11) is 0. The molecule has 2 aromatic heterocycles. The second-order valence-electron chi connectivity index (χ2n) is 4.08. The third kappa shape index (κ3) is 2.39. The maximum Gasteiger partial charge on any atom is 0.291 e. The van der Waals surface area contributed by atoms with E-state index >= 15 is 0 Å². The van der Waals surface area contributed by atoms with Crippen LogP contribution in [0.5, 0.6) is 0 Å². The number of rotatable bonds is 3. The molecule has 2 N–H and O–H groups in total. The van der Waals surface area contributed by atoms with Crippen molar-refractivity contribution in [2.24, 2.45) is 5.10 Å². The standard InChI is InChI=1S/C14H11N5O/c20-14(13-9-15-5-6-16-13)19-18-8-10-7-17-12-4-2-1-3-11(10)12/h1-9,17H,(H,19,20). The van der Waals surface area contributed by atoms with Gasteiger partial charge in [-0.3, -0.25) is 9.78 Å². The van der Waals surface area contributed by atoms with Gasteiger partial charge in [0.25, 0.3) is 5.91 Å².